The van der Waals surface area contributed by atoms with Gasteiger partial charge >= 0.3 is 5.97 Å². The van der Waals surface area contributed by atoms with Gasteiger partial charge in [0.05, 0.1) is 43.1 Å². The monoisotopic (exact) mass is 496 g/mol. The Morgan fingerprint density at radius 3 is 2.61 bits per heavy atom. The molecule has 0 saturated heterocycles. The number of aromatic nitrogens is 1. The molecule has 0 atom stereocenters. The molecule has 12 nitrogen and oxygen atoms in total. The Kier molecular flexibility index (Phi) is 7.96. The number of nitro groups is 1. The largest absolute Gasteiger partial charge is 0.493 e. The van der Waals surface area contributed by atoms with Crippen LogP contribution < -0.4 is 14.8 Å². The molecule has 0 saturated carbocycles. The highest BCUT2D eigenvalue weighted by molar-refractivity contribution is 5.98. The summed E-state index contributed by atoms with van der Waals surface area (Å²) in [6, 6.07) is 7.74. The molecule has 0 aliphatic carbocycles. The molecule has 188 valence electrons. The van der Waals surface area contributed by atoms with Crippen LogP contribution in [0.25, 0.3) is 0 Å². The molecule has 0 bridgehead atoms. The molecule has 0 fully saturated rings. The van der Waals surface area contributed by atoms with Gasteiger partial charge in [0.1, 0.15) is 23.2 Å². The van der Waals surface area contributed by atoms with Crippen molar-refractivity contribution >= 4 is 23.4 Å². The van der Waals surface area contributed by atoms with Crippen LogP contribution in [0, 0.1) is 35.3 Å². The van der Waals surface area contributed by atoms with Crippen LogP contribution in [0.1, 0.15) is 39.9 Å². The van der Waals surface area contributed by atoms with Crippen molar-refractivity contribution in [3.63, 3.8) is 0 Å². The Balaban J connectivity index is 1.81. The molecular formula is C24H24N4O8. The van der Waals surface area contributed by atoms with Gasteiger partial charge < -0.3 is 28.5 Å². The summed E-state index contributed by atoms with van der Waals surface area (Å²) in [5, 5.41) is 23.7. The van der Waals surface area contributed by atoms with E-state index in [1.807, 2.05) is 0 Å². The molecule has 1 amide bonds. The number of anilines is 1. The van der Waals surface area contributed by atoms with Gasteiger partial charge in [0.2, 0.25) is 0 Å². The number of hydrogen-bond acceptors (Lipinski definition) is 9. The van der Waals surface area contributed by atoms with Gasteiger partial charge in [0.15, 0.2) is 18.1 Å². The minimum Gasteiger partial charge on any atom is -0.493 e. The van der Waals surface area contributed by atoms with E-state index < -0.39 is 34.7 Å². The fourth-order valence-electron chi connectivity index (χ4n) is 3.55. The van der Waals surface area contributed by atoms with Crippen molar-refractivity contribution in [3.8, 4) is 17.6 Å². The van der Waals surface area contributed by atoms with E-state index in [1.165, 1.54) is 13.4 Å². The molecule has 3 rings (SSSR count). The number of hydrogen-bond donors (Lipinski definition) is 1. The fraction of sp³-hybridized carbons (Fsp3) is 0.292. The minimum atomic E-state index is -1.10. The lowest BCUT2D eigenvalue weighted by Gasteiger charge is -2.13. The summed E-state index contributed by atoms with van der Waals surface area (Å²) in [4.78, 5) is 36.1. The first-order valence-electron chi connectivity index (χ1n) is 10.8. The Morgan fingerprint density at radius 2 is 2.03 bits per heavy atom. The number of methoxy groups -OCH3 is 1. The number of nitro benzene ring substituents is 1. The zero-order valence-corrected chi connectivity index (χ0v) is 20.1. The van der Waals surface area contributed by atoms with Gasteiger partial charge in [-0.25, -0.2) is 4.79 Å². The molecule has 1 aromatic carbocycles. The third-order valence-electron chi connectivity index (χ3n) is 5.43. The maximum atomic E-state index is 12.7. The first kappa shape index (κ1) is 25.8. The van der Waals surface area contributed by atoms with Crippen LogP contribution in [0.4, 0.5) is 11.5 Å². The Morgan fingerprint density at radius 1 is 1.28 bits per heavy atom. The van der Waals surface area contributed by atoms with Crippen LogP contribution >= 0.6 is 0 Å². The summed E-state index contributed by atoms with van der Waals surface area (Å²) in [5.74, 6) is -0.821. The van der Waals surface area contributed by atoms with Crippen LogP contribution in [0.15, 0.2) is 34.9 Å². The van der Waals surface area contributed by atoms with Gasteiger partial charge in [-0.2, -0.15) is 5.26 Å². The predicted molar refractivity (Wildman–Crippen MR) is 126 cm³/mol. The van der Waals surface area contributed by atoms with Crippen molar-refractivity contribution in [1.29, 1.82) is 5.26 Å². The Labute approximate surface area is 206 Å². The highest BCUT2D eigenvalue weighted by Gasteiger charge is 2.27. The zero-order chi connectivity index (χ0) is 26.4. The summed E-state index contributed by atoms with van der Waals surface area (Å²) < 4.78 is 22.6. The molecule has 0 radical (unpaired) electrons. The van der Waals surface area contributed by atoms with Crippen molar-refractivity contribution in [2.45, 2.75) is 27.3 Å². The third kappa shape index (κ3) is 5.30. The third-order valence-corrected chi connectivity index (χ3v) is 5.43. The summed E-state index contributed by atoms with van der Waals surface area (Å²) >= 11 is 0. The number of benzene rings is 1. The summed E-state index contributed by atoms with van der Waals surface area (Å²) in [6.45, 7) is 4.98. The molecular weight excluding hydrogens is 472 g/mol. The molecule has 2 aromatic heterocycles. The molecule has 36 heavy (non-hydrogen) atoms. The van der Waals surface area contributed by atoms with E-state index in [2.05, 4.69) is 11.4 Å². The molecule has 1 N–H and O–H groups in total. The Hall–Kier alpha value is -4.79. The lowest BCUT2D eigenvalue weighted by Crippen LogP contribution is -2.23. The minimum absolute atomic E-state index is 0.0908. The first-order chi connectivity index (χ1) is 17.2. The predicted octanol–water partition coefficient (Wildman–Crippen LogP) is 3.73. The second kappa shape index (κ2) is 11.1. The molecule has 2 heterocycles. The number of esters is 1. The summed E-state index contributed by atoms with van der Waals surface area (Å²) in [7, 11) is 1.32. The average Bonchev–Trinajstić information content (AvgIpc) is 3.45. The van der Waals surface area contributed by atoms with Crippen molar-refractivity contribution in [3.05, 3.63) is 68.8 Å². The maximum Gasteiger partial charge on any atom is 0.345 e. The molecule has 3 aromatic rings. The lowest BCUT2D eigenvalue weighted by molar-refractivity contribution is -0.385. The second-order valence-electron chi connectivity index (χ2n) is 7.55. The van der Waals surface area contributed by atoms with Crippen LogP contribution in [-0.2, 0) is 16.1 Å². The molecule has 12 heteroatoms. The van der Waals surface area contributed by atoms with E-state index in [1.54, 1.807) is 37.5 Å². The average molecular weight is 496 g/mol. The first-order valence-corrected chi connectivity index (χ1v) is 10.8. The van der Waals surface area contributed by atoms with Crippen molar-refractivity contribution in [1.82, 2.24) is 4.57 Å². The standard InChI is InChI=1S/C24H24N4O8/c1-5-34-21-10-19(28(31)32)17(9-20(21)33-4)24(30)36-13-22(29)26-23-18(11-25)14(2)15(3)27(23)12-16-7-6-8-35-16/h6-10H,5,12-13H2,1-4H3,(H,26,29). The summed E-state index contributed by atoms with van der Waals surface area (Å²) in [6.07, 6.45) is 1.51. The molecule has 0 spiro atoms. The smallest absolute Gasteiger partial charge is 0.345 e. The number of nitriles is 1. The number of carbonyl (C=O) groups is 2. The maximum absolute atomic E-state index is 12.7. The van der Waals surface area contributed by atoms with Gasteiger partial charge in [-0.05, 0) is 38.5 Å². The van der Waals surface area contributed by atoms with Crippen molar-refractivity contribution in [2.75, 3.05) is 25.6 Å². The molecule has 0 unspecified atom stereocenters. The van der Waals surface area contributed by atoms with Gasteiger partial charge in [0, 0.05) is 11.8 Å². The number of ether oxygens (including phenoxy) is 3. The summed E-state index contributed by atoms with van der Waals surface area (Å²) in [5.41, 5.74) is 0.708. The van der Waals surface area contributed by atoms with E-state index in [9.17, 15) is 25.0 Å². The molecule has 0 aliphatic heterocycles. The Bertz CT molecular complexity index is 1340. The van der Waals surface area contributed by atoms with Gasteiger partial charge in [-0.1, -0.05) is 0 Å². The van der Waals surface area contributed by atoms with Gasteiger partial charge in [-0.3, -0.25) is 14.9 Å². The van der Waals surface area contributed by atoms with Crippen LogP contribution in [0.5, 0.6) is 11.5 Å². The number of amides is 1. The quantitative estimate of drug-likeness (QED) is 0.251. The number of nitrogens with zero attached hydrogens (tertiary/aromatic N) is 3. The normalized spacial score (nSPS) is 10.4. The van der Waals surface area contributed by atoms with Crippen molar-refractivity contribution in [2.24, 2.45) is 0 Å². The SMILES string of the molecule is CCOc1cc([N+](=O)[O-])c(C(=O)OCC(=O)Nc2c(C#N)c(C)c(C)n2Cc2ccco2)cc1OC. The van der Waals surface area contributed by atoms with Crippen molar-refractivity contribution < 1.29 is 33.1 Å². The molecule has 0 aliphatic rings. The van der Waals surface area contributed by atoms with Crippen LogP contribution in [0.3, 0.4) is 0 Å². The van der Waals surface area contributed by atoms with E-state index in [0.717, 1.165) is 17.8 Å². The van der Waals surface area contributed by atoms with Crippen LogP contribution in [-0.4, -0.2) is 41.7 Å². The second-order valence-corrected chi connectivity index (χ2v) is 7.55. The van der Waals surface area contributed by atoms with Gasteiger partial charge in [-0.15, -0.1) is 0 Å². The topological polar surface area (TPSA) is 159 Å². The number of nitrogens with one attached hydrogen (secondary N) is 1. The lowest BCUT2D eigenvalue weighted by atomic mass is 10.1. The highest BCUT2D eigenvalue weighted by atomic mass is 16.6. The van der Waals surface area contributed by atoms with E-state index >= 15 is 0 Å². The van der Waals surface area contributed by atoms with E-state index in [0.29, 0.717) is 11.3 Å². The van der Waals surface area contributed by atoms with E-state index in [-0.39, 0.29) is 36.0 Å². The fourth-order valence-corrected chi connectivity index (χ4v) is 3.55. The highest BCUT2D eigenvalue weighted by Crippen LogP contribution is 2.35. The number of furan rings is 1. The van der Waals surface area contributed by atoms with Crippen LogP contribution in [0.2, 0.25) is 0 Å². The zero-order valence-electron chi connectivity index (χ0n) is 20.1. The van der Waals surface area contributed by atoms with Gasteiger partial charge in [0.25, 0.3) is 11.6 Å². The number of carbonyl (C=O) groups excluding carboxylic acids is 2. The number of rotatable bonds is 10. The van der Waals surface area contributed by atoms with E-state index in [4.69, 9.17) is 18.6 Å².